The number of hydrogen-bond donors (Lipinski definition) is 1. The van der Waals surface area contributed by atoms with E-state index in [4.69, 9.17) is 5.73 Å². The van der Waals surface area contributed by atoms with Crippen LogP contribution >= 0.6 is 11.8 Å². The van der Waals surface area contributed by atoms with Gasteiger partial charge in [-0.1, -0.05) is 30.0 Å². The van der Waals surface area contributed by atoms with Crippen molar-refractivity contribution in [3.8, 4) is 11.4 Å². The van der Waals surface area contributed by atoms with Crippen LogP contribution in [0.25, 0.3) is 11.4 Å². The molecule has 1 aromatic heterocycles. The summed E-state index contributed by atoms with van der Waals surface area (Å²) >= 11 is 1.16. The Bertz CT molecular complexity index is 641. The van der Waals surface area contributed by atoms with Gasteiger partial charge in [-0.25, -0.2) is 4.39 Å². The van der Waals surface area contributed by atoms with Crippen molar-refractivity contribution in [2.75, 3.05) is 5.75 Å². The fourth-order valence-corrected chi connectivity index (χ4v) is 2.35. The first-order valence-electron chi connectivity index (χ1n) is 5.83. The average molecular weight is 292 g/mol. The fraction of sp³-hybridized carbons (Fsp3) is 0.154. The Morgan fingerprint density at radius 1 is 1.45 bits per heavy atom. The quantitative estimate of drug-likeness (QED) is 0.651. The molecule has 0 aliphatic rings. The molecule has 0 unspecified atom stereocenters. The summed E-state index contributed by atoms with van der Waals surface area (Å²) in [4.78, 5) is 10.8. The van der Waals surface area contributed by atoms with Crippen molar-refractivity contribution in [1.82, 2.24) is 14.8 Å². The Hall–Kier alpha value is -2.15. The summed E-state index contributed by atoms with van der Waals surface area (Å²) in [5, 5.41) is 8.48. The van der Waals surface area contributed by atoms with Gasteiger partial charge in [-0.05, 0) is 12.1 Å². The van der Waals surface area contributed by atoms with Crippen molar-refractivity contribution in [3.63, 3.8) is 0 Å². The Labute approximate surface area is 119 Å². The lowest BCUT2D eigenvalue weighted by Crippen LogP contribution is -2.14. The van der Waals surface area contributed by atoms with Crippen molar-refractivity contribution in [1.29, 1.82) is 0 Å². The molecule has 20 heavy (non-hydrogen) atoms. The summed E-state index contributed by atoms with van der Waals surface area (Å²) in [6.07, 6.45) is 1.65. The summed E-state index contributed by atoms with van der Waals surface area (Å²) in [6, 6.07) is 6.32. The van der Waals surface area contributed by atoms with Crippen LogP contribution in [0.3, 0.4) is 0 Å². The molecular formula is C13H13FN4OS. The lowest BCUT2D eigenvalue weighted by Gasteiger charge is -2.07. The largest absolute Gasteiger partial charge is 0.369 e. The van der Waals surface area contributed by atoms with E-state index in [1.54, 1.807) is 28.8 Å². The average Bonchev–Trinajstić information content (AvgIpc) is 2.80. The lowest BCUT2D eigenvalue weighted by atomic mass is 10.2. The number of allylic oxidation sites excluding steroid dienone is 1. The molecule has 0 radical (unpaired) electrons. The zero-order valence-electron chi connectivity index (χ0n) is 10.6. The van der Waals surface area contributed by atoms with Crippen molar-refractivity contribution in [2.45, 2.75) is 11.7 Å². The molecule has 104 valence electrons. The van der Waals surface area contributed by atoms with E-state index in [9.17, 15) is 9.18 Å². The maximum Gasteiger partial charge on any atom is 0.227 e. The minimum absolute atomic E-state index is 0.0898. The molecule has 1 heterocycles. The highest BCUT2D eigenvalue weighted by Gasteiger charge is 2.16. The third-order valence-electron chi connectivity index (χ3n) is 2.49. The van der Waals surface area contributed by atoms with Crippen LogP contribution in [0.15, 0.2) is 42.1 Å². The second kappa shape index (κ2) is 6.33. The molecule has 1 amide bonds. The molecular weight excluding hydrogens is 279 g/mol. The number of primary amides is 1. The van der Waals surface area contributed by atoms with Crippen molar-refractivity contribution in [2.24, 2.45) is 5.73 Å². The highest BCUT2D eigenvalue weighted by molar-refractivity contribution is 7.99. The number of hydrogen-bond acceptors (Lipinski definition) is 4. The number of halogens is 1. The Morgan fingerprint density at radius 2 is 2.20 bits per heavy atom. The molecule has 0 spiro atoms. The number of thioether (sulfide) groups is 1. The summed E-state index contributed by atoms with van der Waals surface area (Å²) in [6.45, 7) is 4.07. The summed E-state index contributed by atoms with van der Waals surface area (Å²) in [5.41, 5.74) is 5.46. The van der Waals surface area contributed by atoms with Gasteiger partial charge in [0.05, 0.1) is 11.3 Å². The van der Waals surface area contributed by atoms with Crippen LogP contribution in [-0.4, -0.2) is 26.4 Å². The first kappa shape index (κ1) is 14.3. The minimum Gasteiger partial charge on any atom is -0.369 e. The van der Waals surface area contributed by atoms with E-state index in [1.807, 2.05) is 0 Å². The van der Waals surface area contributed by atoms with Gasteiger partial charge in [0.15, 0.2) is 11.0 Å². The van der Waals surface area contributed by atoms with E-state index in [0.717, 1.165) is 11.8 Å². The molecule has 7 heteroatoms. The zero-order chi connectivity index (χ0) is 14.5. The van der Waals surface area contributed by atoms with E-state index in [2.05, 4.69) is 16.8 Å². The third kappa shape index (κ3) is 3.05. The van der Waals surface area contributed by atoms with Gasteiger partial charge in [0.25, 0.3) is 0 Å². The first-order valence-corrected chi connectivity index (χ1v) is 6.82. The number of carbonyl (C=O) groups is 1. The van der Waals surface area contributed by atoms with Crippen molar-refractivity contribution in [3.05, 3.63) is 42.7 Å². The van der Waals surface area contributed by atoms with E-state index >= 15 is 0 Å². The van der Waals surface area contributed by atoms with Crippen LogP contribution in [0.2, 0.25) is 0 Å². The van der Waals surface area contributed by atoms with E-state index < -0.39 is 5.91 Å². The normalized spacial score (nSPS) is 10.4. The standard InChI is InChI=1S/C13H13FN4OS/c1-2-7-18-12(9-5-3-4-6-10(9)14)16-17-13(18)20-8-11(15)19/h2-6H,1,7-8H2,(H2,15,19). The maximum atomic E-state index is 13.8. The number of nitrogens with zero attached hydrogens (tertiary/aromatic N) is 3. The molecule has 0 aliphatic heterocycles. The molecule has 0 aliphatic carbocycles. The van der Waals surface area contributed by atoms with Crippen LogP contribution in [0.1, 0.15) is 0 Å². The van der Waals surface area contributed by atoms with Crippen molar-refractivity contribution >= 4 is 17.7 Å². The fourth-order valence-electron chi connectivity index (χ4n) is 1.67. The Morgan fingerprint density at radius 3 is 2.85 bits per heavy atom. The van der Waals surface area contributed by atoms with Gasteiger partial charge in [0.2, 0.25) is 5.91 Å². The van der Waals surface area contributed by atoms with Crippen LogP contribution in [0.4, 0.5) is 4.39 Å². The Kier molecular flexibility index (Phi) is 4.52. The van der Waals surface area contributed by atoms with E-state index in [0.29, 0.717) is 23.1 Å². The van der Waals surface area contributed by atoms with E-state index in [1.165, 1.54) is 6.07 Å². The number of aromatic nitrogens is 3. The van der Waals surface area contributed by atoms with Gasteiger partial charge < -0.3 is 5.73 Å². The molecule has 5 nitrogen and oxygen atoms in total. The van der Waals surface area contributed by atoms with Gasteiger partial charge in [-0.3, -0.25) is 9.36 Å². The number of carbonyl (C=O) groups excluding carboxylic acids is 1. The Balaban J connectivity index is 2.41. The molecule has 0 atom stereocenters. The molecule has 2 rings (SSSR count). The van der Waals surface area contributed by atoms with Crippen LogP contribution in [0.5, 0.6) is 0 Å². The molecule has 1 aromatic carbocycles. The second-order valence-electron chi connectivity index (χ2n) is 3.94. The van der Waals surface area contributed by atoms with E-state index in [-0.39, 0.29) is 11.6 Å². The number of nitrogens with two attached hydrogens (primary N) is 1. The monoisotopic (exact) mass is 292 g/mol. The first-order chi connectivity index (χ1) is 9.63. The highest BCUT2D eigenvalue weighted by Crippen LogP contribution is 2.25. The van der Waals surface area contributed by atoms with Crippen LogP contribution in [-0.2, 0) is 11.3 Å². The third-order valence-corrected chi connectivity index (χ3v) is 3.48. The van der Waals surface area contributed by atoms with Gasteiger partial charge in [-0.2, -0.15) is 0 Å². The smallest absolute Gasteiger partial charge is 0.227 e. The highest BCUT2D eigenvalue weighted by atomic mass is 32.2. The predicted molar refractivity (Wildman–Crippen MR) is 75.5 cm³/mol. The second-order valence-corrected chi connectivity index (χ2v) is 4.88. The topological polar surface area (TPSA) is 73.8 Å². The molecule has 0 saturated heterocycles. The lowest BCUT2D eigenvalue weighted by molar-refractivity contribution is -0.115. The number of benzene rings is 1. The molecule has 0 fully saturated rings. The minimum atomic E-state index is -0.449. The zero-order valence-corrected chi connectivity index (χ0v) is 11.4. The van der Waals surface area contributed by atoms with Crippen LogP contribution < -0.4 is 5.73 Å². The predicted octanol–water partition coefficient (Wildman–Crippen LogP) is 1.85. The number of rotatable bonds is 6. The molecule has 2 N–H and O–H groups in total. The molecule has 0 bridgehead atoms. The van der Waals surface area contributed by atoms with Gasteiger partial charge in [-0.15, -0.1) is 16.8 Å². The summed E-state index contributed by atoms with van der Waals surface area (Å²) in [5.74, 6) is -0.339. The van der Waals surface area contributed by atoms with Crippen LogP contribution in [0, 0.1) is 5.82 Å². The van der Waals surface area contributed by atoms with Gasteiger partial charge in [0.1, 0.15) is 5.82 Å². The summed E-state index contributed by atoms with van der Waals surface area (Å²) in [7, 11) is 0. The van der Waals surface area contributed by atoms with Gasteiger partial charge in [0, 0.05) is 6.54 Å². The molecule has 2 aromatic rings. The van der Waals surface area contributed by atoms with Gasteiger partial charge >= 0.3 is 0 Å². The number of amides is 1. The summed E-state index contributed by atoms with van der Waals surface area (Å²) < 4.78 is 15.5. The van der Waals surface area contributed by atoms with Crippen molar-refractivity contribution < 1.29 is 9.18 Å². The molecule has 0 saturated carbocycles. The maximum absolute atomic E-state index is 13.8. The SMILES string of the molecule is C=CCn1c(SCC(N)=O)nnc1-c1ccccc1F.